The van der Waals surface area contributed by atoms with Gasteiger partial charge in [-0.05, 0) is 62.6 Å². The van der Waals surface area contributed by atoms with E-state index in [4.69, 9.17) is 0 Å². The van der Waals surface area contributed by atoms with Gasteiger partial charge in [0.15, 0.2) is 0 Å². The van der Waals surface area contributed by atoms with Crippen molar-refractivity contribution in [2.45, 2.75) is 67.3 Å². The summed E-state index contributed by atoms with van der Waals surface area (Å²) in [4.78, 5) is 54.0. The van der Waals surface area contributed by atoms with Crippen molar-refractivity contribution in [1.29, 1.82) is 0 Å². The molecule has 2 heterocycles. The molecule has 222 valence electrons. The first-order chi connectivity index (χ1) is 19.8. The van der Waals surface area contributed by atoms with Crippen molar-refractivity contribution >= 4 is 34.0 Å². The number of carbonyl (C=O) groups excluding carboxylic acids is 1. The number of hydrogen-bond acceptors (Lipinski definition) is 5. The maximum atomic E-state index is 14.9. The van der Waals surface area contributed by atoms with E-state index in [-0.39, 0.29) is 39.9 Å². The Labute approximate surface area is 243 Å². The van der Waals surface area contributed by atoms with Gasteiger partial charge >= 0.3 is 5.69 Å². The number of aryl methyl sites for hydroxylation is 2. The normalized spacial score (nSPS) is 13.0. The fourth-order valence-corrected chi connectivity index (χ4v) is 4.75. The lowest BCUT2D eigenvalue weighted by Crippen LogP contribution is -2.41. The van der Waals surface area contributed by atoms with Crippen LogP contribution in [-0.4, -0.2) is 19.6 Å². The van der Waals surface area contributed by atoms with Crippen LogP contribution in [-0.2, 0) is 11.8 Å². The predicted octanol–water partition coefficient (Wildman–Crippen LogP) is 5.70. The van der Waals surface area contributed by atoms with E-state index in [1.165, 1.54) is 32.9 Å². The fourth-order valence-electron chi connectivity index (χ4n) is 4.75. The number of anilines is 3. The molecule has 1 aliphatic rings. The molecule has 9 nitrogen and oxygen atoms in total. The van der Waals surface area contributed by atoms with Gasteiger partial charge in [0.2, 0.25) is 5.91 Å². The molecule has 0 bridgehead atoms. The van der Waals surface area contributed by atoms with E-state index in [2.05, 4.69) is 10.6 Å². The van der Waals surface area contributed by atoms with Gasteiger partial charge in [0.25, 0.3) is 11.1 Å². The molecule has 2 aromatic heterocycles. The topological polar surface area (TPSA) is 107 Å². The third-order valence-corrected chi connectivity index (χ3v) is 7.18. The molecule has 10 heteroatoms. The minimum absolute atomic E-state index is 0.0821. The minimum Gasteiger partial charge on any atom is -0.338 e. The third-order valence-electron chi connectivity index (χ3n) is 7.18. The largest absolute Gasteiger partial charge is 0.338 e. The quantitative estimate of drug-likeness (QED) is 0.318. The Morgan fingerprint density at radius 3 is 2.24 bits per heavy atom. The lowest BCUT2D eigenvalue weighted by atomic mass is 9.95. The van der Waals surface area contributed by atoms with Crippen LogP contribution in [0.25, 0.3) is 16.6 Å². The first kappa shape index (κ1) is 30.5. The summed E-state index contributed by atoms with van der Waals surface area (Å²) in [5.41, 5.74) is -0.264. The summed E-state index contributed by atoms with van der Waals surface area (Å²) >= 11 is 0. The van der Waals surface area contributed by atoms with Crippen LogP contribution < -0.4 is 27.4 Å². The van der Waals surface area contributed by atoms with Gasteiger partial charge in [-0.15, -0.1) is 0 Å². The highest BCUT2D eigenvalue weighted by atomic mass is 19.1. The number of pyridine rings is 1. The summed E-state index contributed by atoms with van der Waals surface area (Å²) in [6, 6.07) is 11.0. The molecule has 4 aromatic rings. The number of benzene rings is 2. The van der Waals surface area contributed by atoms with Crippen LogP contribution in [0.4, 0.5) is 21.6 Å². The molecule has 2 N–H and O–H groups in total. The Kier molecular flexibility index (Phi) is 8.29. The van der Waals surface area contributed by atoms with E-state index in [1.54, 1.807) is 65.0 Å². The highest BCUT2D eigenvalue weighted by Crippen LogP contribution is 2.34. The van der Waals surface area contributed by atoms with Crippen LogP contribution >= 0.6 is 0 Å². The van der Waals surface area contributed by atoms with Gasteiger partial charge in [0.1, 0.15) is 17.0 Å². The van der Waals surface area contributed by atoms with Crippen molar-refractivity contribution in [3.05, 3.63) is 90.6 Å². The molecule has 0 unspecified atom stereocenters. The molecule has 1 saturated carbocycles. The lowest BCUT2D eigenvalue weighted by Gasteiger charge is -2.21. The van der Waals surface area contributed by atoms with Gasteiger partial charge in [-0.2, -0.15) is 0 Å². The maximum Gasteiger partial charge on any atom is 0.336 e. The fraction of sp³-hybridized carbons (Fsp3) is 0.375. The van der Waals surface area contributed by atoms with Crippen molar-refractivity contribution < 1.29 is 9.18 Å². The molecule has 1 fully saturated rings. The standard InChI is InChI=1S/C30H32FN5O4.C2H6/c1-16-10-13-22(21(31)14-16)33-25-23-24(17(2)26(37)34(25)6)35(29(40)36(27(23)38)19-11-12-19)20-9-7-8-18(15-20)32-28(39)30(3,4)5;1-2/h7-10,13-15,19,33H,11-12H2,1-6H3,(H,32,39);1-2H3. The maximum absolute atomic E-state index is 14.9. The number of halogens is 1. The minimum atomic E-state index is -0.645. The van der Waals surface area contributed by atoms with Crippen LogP contribution in [0.15, 0.2) is 56.8 Å². The summed E-state index contributed by atoms with van der Waals surface area (Å²) < 4.78 is 18.7. The number of nitrogens with one attached hydrogen (secondary N) is 2. The number of rotatable bonds is 5. The number of hydrogen-bond donors (Lipinski definition) is 2. The van der Waals surface area contributed by atoms with Gasteiger partial charge in [0.05, 0.1) is 16.9 Å². The van der Waals surface area contributed by atoms with Crippen LogP contribution in [0.3, 0.4) is 0 Å². The van der Waals surface area contributed by atoms with Gasteiger partial charge in [0, 0.05) is 29.8 Å². The van der Waals surface area contributed by atoms with Crippen molar-refractivity contribution in [3.63, 3.8) is 0 Å². The van der Waals surface area contributed by atoms with Crippen LogP contribution in [0.2, 0.25) is 0 Å². The zero-order chi connectivity index (χ0) is 31.1. The van der Waals surface area contributed by atoms with E-state index in [0.717, 1.165) is 0 Å². The van der Waals surface area contributed by atoms with Gasteiger partial charge in [-0.1, -0.05) is 46.8 Å². The molecule has 2 aromatic carbocycles. The Hall–Kier alpha value is -4.47. The molecule has 0 saturated heterocycles. The Balaban J connectivity index is 0.00000198. The monoisotopic (exact) mass is 575 g/mol. The van der Waals surface area contributed by atoms with Crippen molar-refractivity contribution in [2.24, 2.45) is 12.5 Å². The number of fused-ring (bicyclic) bond motifs is 1. The average Bonchev–Trinajstić information content (AvgIpc) is 3.77. The number of aromatic nitrogens is 3. The Morgan fingerprint density at radius 2 is 1.64 bits per heavy atom. The highest BCUT2D eigenvalue weighted by Gasteiger charge is 2.32. The smallest absolute Gasteiger partial charge is 0.336 e. The summed E-state index contributed by atoms with van der Waals surface area (Å²) in [6.07, 6.45) is 1.34. The SMILES string of the molecule is CC.Cc1ccc(Nc2c3c(=O)n(C4CC4)c(=O)n(-c4cccc(NC(=O)C(C)(C)C)c4)c3c(C)c(=O)n2C)c(F)c1. The zero-order valence-corrected chi connectivity index (χ0v) is 25.4. The van der Waals surface area contributed by atoms with Crippen molar-refractivity contribution in [1.82, 2.24) is 13.7 Å². The first-order valence-corrected chi connectivity index (χ1v) is 14.2. The van der Waals surface area contributed by atoms with E-state index < -0.39 is 28.0 Å². The van der Waals surface area contributed by atoms with E-state index in [0.29, 0.717) is 29.8 Å². The van der Waals surface area contributed by atoms with Crippen molar-refractivity contribution in [3.8, 4) is 5.69 Å². The highest BCUT2D eigenvalue weighted by molar-refractivity contribution is 5.96. The molecule has 0 spiro atoms. The van der Waals surface area contributed by atoms with E-state index in [9.17, 15) is 23.6 Å². The number of carbonyl (C=O) groups is 1. The van der Waals surface area contributed by atoms with Gasteiger partial charge in [-0.25, -0.2) is 9.18 Å². The summed E-state index contributed by atoms with van der Waals surface area (Å²) in [5.74, 6) is -0.667. The predicted molar refractivity (Wildman–Crippen MR) is 166 cm³/mol. The second kappa shape index (κ2) is 11.4. The number of nitrogens with zero attached hydrogens (tertiary/aromatic N) is 3. The number of amides is 1. The molecule has 1 aliphatic carbocycles. The molecule has 0 aliphatic heterocycles. The lowest BCUT2D eigenvalue weighted by molar-refractivity contribution is -0.123. The molecule has 0 radical (unpaired) electrons. The molecular weight excluding hydrogens is 537 g/mol. The van der Waals surface area contributed by atoms with Crippen molar-refractivity contribution in [2.75, 3.05) is 10.6 Å². The third kappa shape index (κ3) is 5.53. The van der Waals surface area contributed by atoms with E-state index >= 15 is 0 Å². The second-order valence-corrected chi connectivity index (χ2v) is 11.4. The summed E-state index contributed by atoms with van der Waals surface area (Å²) in [6.45, 7) is 12.7. The molecule has 1 amide bonds. The van der Waals surface area contributed by atoms with E-state index in [1.807, 2.05) is 13.8 Å². The average molecular weight is 576 g/mol. The van der Waals surface area contributed by atoms with Gasteiger partial charge < -0.3 is 10.6 Å². The molecule has 5 rings (SSSR count). The molecule has 0 atom stereocenters. The second-order valence-electron chi connectivity index (χ2n) is 11.4. The molecular formula is C32H38FN5O4. The van der Waals surface area contributed by atoms with Crippen LogP contribution in [0.1, 0.15) is 64.6 Å². The Bertz CT molecular complexity index is 1870. The van der Waals surface area contributed by atoms with Crippen LogP contribution in [0.5, 0.6) is 0 Å². The summed E-state index contributed by atoms with van der Waals surface area (Å²) in [5, 5.41) is 5.92. The Morgan fingerprint density at radius 1 is 0.976 bits per heavy atom. The zero-order valence-electron chi connectivity index (χ0n) is 25.4. The van der Waals surface area contributed by atoms with Crippen LogP contribution in [0, 0.1) is 25.1 Å². The summed E-state index contributed by atoms with van der Waals surface area (Å²) in [7, 11) is 1.50. The van der Waals surface area contributed by atoms with Gasteiger partial charge in [-0.3, -0.25) is 28.1 Å². The molecule has 42 heavy (non-hydrogen) atoms. The first-order valence-electron chi connectivity index (χ1n) is 14.2.